The lowest BCUT2D eigenvalue weighted by Crippen LogP contribution is -2.23. The number of aryl methyl sites for hydroxylation is 2. The Morgan fingerprint density at radius 2 is 2.36 bits per heavy atom. The number of nitrogens with zero attached hydrogens (tertiary/aromatic N) is 5. The van der Waals surface area contributed by atoms with Crippen LogP contribution in [0.1, 0.15) is 11.7 Å². The summed E-state index contributed by atoms with van der Waals surface area (Å²) in [6.07, 6.45) is 1.44. The van der Waals surface area contributed by atoms with Gasteiger partial charge in [0, 0.05) is 14.0 Å². The van der Waals surface area contributed by atoms with Crippen LogP contribution in [0.5, 0.6) is 0 Å². The maximum atomic E-state index is 11.4. The number of rotatable bonds is 2. The van der Waals surface area contributed by atoms with Crippen LogP contribution >= 0.6 is 0 Å². The van der Waals surface area contributed by atoms with Gasteiger partial charge in [0.15, 0.2) is 5.82 Å². The van der Waals surface area contributed by atoms with Crippen LogP contribution in [0.3, 0.4) is 0 Å². The first-order valence-electron chi connectivity index (χ1n) is 4.04. The minimum atomic E-state index is -0.201. The zero-order valence-corrected chi connectivity index (χ0v) is 7.84. The van der Waals surface area contributed by atoms with Crippen molar-refractivity contribution in [1.82, 2.24) is 24.5 Å². The summed E-state index contributed by atoms with van der Waals surface area (Å²) in [7, 11) is 1.63. The van der Waals surface area contributed by atoms with Crippen molar-refractivity contribution in [2.24, 2.45) is 7.05 Å². The molecule has 0 saturated carbocycles. The van der Waals surface area contributed by atoms with Crippen LogP contribution in [-0.2, 0) is 13.6 Å². The smallest absolute Gasteiger partial charge is 0.340 e. The molecule has 2 rings (SSSR count). The maximum absolute atomic E-state index is 11.4. The molecule has 0 spiro atoms. The van der Waals surface area contributed by atoms with Crippen molar-refractivity contribution in [2.75, 3.05) is 0 Å². The average Bonchev–Trinajstić information content (AvgIpc) is 2.67. The normalized spacial score (nSPS) is 10.7. The van der Waals surface area contributed by atoms with Gasteiger partial charge in [-0.2, -0.15) is 10.1 Å². The Kier molecular flexibility index (Phi) is 1.91. The lowest BCUT2D eigenvalue weighted by molar-refractivity contribution is 0.384. The third-order valence-electron chi connectivity index (χ3n) is 1.75. The van der Waals surface area contributed by atoms with Crippen LogP contribution < -0.4 is 5.69 Å². The van der Waals surface area contributed by atoms with Gasteiger partial charge in [-0.25, -0.2) is 9.48 Å². The summed E-state index contributed by atoms with van der Waals surface area (Å²) in [5.41, 5.74) is -0.201. The molecule has 2 heterocycles. The fraction of sp³-hybridized carbons (Fsp3) is 0.429. The first kappa shape index (κ1) is 8.67. The summed E-state index contributed by atoms with van der Waals surface area (Å²) in [5.74, 6) is 0.923. The molecule has 0 aliphatic carbocycles. The molecule has 0 radical (unpaired) electrons. The molecule has 0 aliphatic rings. The molecule has 14 heavy (non-hydrogen) atoms. The first-order chi connectivity index (χ1) is 6.66. The van der Waals surface area contributed by atoms with Crippen LogP contribution in [0.15, 0.2) is 15.6 Å². The Labute approximate surface area is 79.0 Å². The molecular weight excluding hydrogens is 186 g/mol. The van der Waals surface area contributed by atoms with Crippen molar-refractivity contribution in [2.45, 2.75) is 13.5 Å². The maximum Gasteiger partial charge on any atom is 0.345 e. The average molecular weight is 195 g/mol. The highest BCUT2D eigenvalue weighted by Gasteiger charge is 2.06. The van der Waals surface area contributed by atoms with E-state index in [-0.39, 0.29) is 12.2 Å². The van der Waals surface area contributed by atoms with Crippen molar-refractivity contribution in [3.63, 3.8) is 0 Å². The second-order valence-electron chi connectivity index (χ2n) is 2.91. The molecule has 2 aromatic rings. The predicted octanol–water partition coefficient (Wildman–Crippen LogP) is -0.678. The third kappa shape index (κ3) is 1.43. The lowest BCUT2D eigenvalue weighted by Gasteiger charge is -1.91. The summed E-state index contributed by atoms with van der Waals surface area (Å²) < 4.78 is 7.42. The van der Waals surface area contributed by atoms with E-state index >= 15 is 0 Å². The van der Waals surface area contributed by atoms with E-state index in [0.29, 0.717) is 11.7 Å². The monoisotopic (exact) mass is 195 g/mol. The van der Waals surface area contributed by atoms with Crippen molar-refractivity contribution < 1.29 is 4.52 Å². The van der Waals surface area contributed by atoms with Gasteiger partial charge in [-0.15, -0.1) is 0 Å². The molecular formula is C7H9N5O2. The van der Waals surface area contributed by atoms with E-state index in [1.807, 2.05) is 0 Å². The minimum Gasteiger partial charge on any atom is -0.340 e. The molecule has 0 aliphatic heterocycles. The summed E-state index contributed by atoms with van der Waals surface area (Å²) in [5, 5.41) is 7.53. The van der Waals surface area contributed by atoms with Gasteiger partial charge >= 0.3 is 5.69 Å². The van der Waals surface area contributed by atoms with Crippen LogP contribution in [0.25, 0.3) is 0 Å². The third-order valence-corrected chi connectivity index (χ3v) is 1.75. The van der Waals surface area contributed by atoms with Crippen molar-refractivity contribution in [1.29, 1.82) is 0 Å². The first-order valence-corrected chi connectivity index (χ1v) is 4.04. The van der Waals surface area contributed by atoms with E-state index in [2.05, 4.69) is 15.2 Å². The van der Waals surface area contributed by atoms with Gasteiger partial charge < -0.3 is 4.52 Å². The quantitative estimate of drug-likeness (QED) is 0.634. The summed E-state index contributed by atoms with van der Waals surface area (Å²) in [6.45, 7) is 1.93. The predicted molar refractivity (Wildman–Crippen MR) is 45.6 cm³/mol. The van der Waals surface area contributed by atoms with Crippen molar-refractivity contribution in [3.8, 4) is 0 Å². The zero-order chi connectivity index (χ0) is 10.1. The number of aromatic nitrogens is 5. The van der Waals surface area contributed by atoms with Gasteiger partial charge in [0.1, 0.15) is 12.9 Å². The van der Waals surface area contributed by atoms with Gasteiger partial charge in [0.25, 0.3) is 0 Å². The molecule has 0 bridgehead atoms. The van der Waals surface area contributed by atoms with Crippen LogP contribution in [0, 0.1) is 6.92 Å². The summed E-state index contributed by atoms with van der Waals surface area (Å²) in [6, 6.07) is 0. The molecule has 0 N–H and O–H groups in total. The largest absolute Gasteiger partial charge is 0.345 e. The number of hydrogen-bond donors (Lipinski definition) is 0. The zero-order valence-electron chi connectivity index (χ0n) is 7.84. The van der Waals surface area contributed by atoms with Gasteiger partial charge in [0.05, 0.1) is 0 Å². The molecule has 0 amide bonds. The fourth-order valence-electron chi connectivity index (χ4n) is 1.07. The van der Waals surface area contributed by atoms with Crippen molar-refractivity contribution >= 4 is 0 Å². The van der Waals surface area contributed by atoms with Crippen LogP contribution in [0.4, 0.5) is 0 Å². The van der Waals surface area contributed by atoms with E-state index in [1.54, 1.807) is 14.0 Å². The highest BCUT2D eigenvalue weighted by molar-refractivity contribution is 4.84. The molecule has 2 aromatic heterocycles. The topological polar surface area (TPSA) is 78.7 Å². The van der Waals surface area contributed by atoms with E-state index in [0.717, 1.165) is 0 Å². The Bertz CT molecular complexity index is 494. The molecule has 0 saturated heterocycles. The molecule has 0 aromatic carbocycles. The second kappa shape index (κ2) is 3.09. The number of hydrogen-bond acceptors (Lipinski definition) is 5. The Hall–Kier alpha value is -1.92. The highest BCUT2D eigenvalue weighted by Crippen LogP contribution is 1.95. The second-order valence-corrected chi connectivity index (χ2v) is 2.91. The molecule has 0 unspecified atom stereocenters. The van der Waals surface area contributed by atoms with Crippen LogP contribution in [0.2, 0.25) is 0 Å². The summed E-state index contributed by atoms with van der Waals surface area (Å²) in [4.78, 5) is 15.3. The Morgan fingerprint density at radius 1 is 1.57 bits per heavy atom. The van der Waals surface area contributed by atoms with Gasteiger partial charge in [-0.1, -0.05) is 5.16 Å². The Balaban J connectivity index is 2.27. The van der Waals surface area contributed by atoms with E-state index < -0.39 is 0 Å². The molecule has 7 heteroatoms. The Morgan fingerprint density at radius 3 is 2.86 bits per heavy atom. The van der Waals surface area contributed by atoms with E-state index in [9.17, 15) is 4.79 Å². The minimum absolute atomic E-state index is 0.201. The van der Waals surface area contributed by atoms with Gasteiger partial charge in [-0.05, 0) is 0 Å². The van der Waals surface area contributed by atoms with Gasteiger partial charge in [0.2, 0.25) is 5.89 Å². The molecule has 74 valence electrons. The fourth-order valence-corrected chi connectivity index (χ4v) is 1.07. The van der Waals surface area contributed by atoms with Crippen molar-refractivity contribution in [3.05, 3.63) is 28.5 Å². The van der Waals surface area contributed by atoms with E-state index in [4.69, 9.17) is 4.52 Å². The molecule has 0 fully saturated rings. The molecule has 7 nitrogen and oxygen atoms in total. The standard InChI is InChI=1S/C7H9N5O2/c1-5-9-6(10-14-5)3-12-7(13)11(2)4-8-12/h4H,3H2,1-2H3. The summed E-state index contributed by atoms with van der Waals surface area (Å²) >= 11 is 0. The van der Waals surface area contributed by atoms with Crippen LogP contribution in [-0.4, -0.2) is 24.5 Å². The van der Waals surface area contributed by atoms with E-state index in [1.165, 1.54) is 15.6 Å². The highest BCUT2D eigenvalue weighted by atomic mass is 16.5. The van der Waals surface area contributed by atoms with Gasteiger partial charge in [-0.3, -0.25) is 4.57 Å². The lowest BCUT2D eigenvalue weighted by atomic mass is 10.6. The molecule has 0 atom stereocenters. The SMILES string of the molecule is Cc1nc(Cn2ncn(C)c2=O)no1.